The van der Waals surface area contributed by atoms with Crippen LogP contribution in [-0.2, 0) is 11.3 Å². The molecule has 35 heavy (non-hydrogen) atoms. The van der Waals surface area contributed by atoms with Gasteiger partial charge in [-0.3, -0.25) is 4.79 Å². The number of nitrogens with zero attached hydrogens (tertiary/aromatic N) is 4. The maximum atomic E-state index is 13.6. The molecule has 0 bridgehead atoms. The quantitative estimate of drug-likeness (QED) is 0.401. The van der Waals surface area contributed by atoms with Gasteiger partial charge in [-0.2, -0.15) is 0 Å². The second kappa shape index (κ2) is 11.7. The van der Waals surface area contributed by atoms with Crippen molar-refractivity contribution in [2.24, 2.45) is 0 Å². The van der Waals surface area contributed by atoms with Crippen LogP contribution in [0.5, 0.6) is 0 Å². The van der Waals surface area contributed by atoms with Crippen molar-refractivity contribution < 1.29 is 18.4 Å². The second-order valence-electron chi connectivity index (χ2n) is 8.69. The molecule has 2 heterocycles. The summed E-state index contributed by atoms with van der Waals surface area (Å²) in [6.45, 7) is 4.69. The SMILES string of the molecule is COCCCN(Cc1c(-c2ccc(F)cc2)noc1N1CCN(C)CC1)C(=O)c1ccc(Cl)cc1. The first-order valence-electron chi connectivity index (χ1n) is 11.7. The fraction of sp³-hybridized carbons (Fsp3) is 0.385. The van der Waals surface area contributed by atoms with Gasteiger partial charge in [0.1, 0.15) is 11.5 Å². The fourth-order valence-electron chi connectivity index (χ4n) is 4.15. The van der Waals surface area contributed by atoms with Crippen LogP contribution in [0.15, 0.2) is 53.1 Å². The van der Waals surface area contributed by atoms with Crippen LogP contribution in [-0.4, -0.2) is 74.4 Å². The molecular formula is C26H30ClFN4O3. The zero-order chi connectivity index (χ0) is 24.8. The van der Waals surface area contributed by atoms with Crippen molar-refractivity contribution >= 4 is 23.4 Å². The number of ether oxygens (including phenoxy) is 1. The topological polar surface area (TPSA) is 62.1 Å². The molecule has 7 nitrogen and oxygen atoms in total. The first-order chi connectivity index (χ1) is 17.0. The highest BCUT2D eigenvalue weighted by Gasteiger charge is 2.28. The predicted molar refractivity (Wildman–Crippen MR) is 134 cm³/mol. The highest BCUT2D eigenvalue weighted by atomic mass is 35.5. The highest BCUT2D eigenvalue weighted by molar-refractivity contribution is 6.30. The lowest BCUT2D eigenvalue weighted by atomic mass is 10.1. The number of rotatable bonds is 9. The van der Waals surface area contributed by atoms with E-state index in [2.05, 4.69) is 22.0 Å². The summed E-state index contributed by atoms with van der Waals surface area (Å²) >= 11 is 6.03. The monoisotopic (exact) mass is 500 g/mol. The maximum Gasteiger partial charge on any atom is 0.254 e. The molecule has 0 atom stereocenters. The summed E-state index contributed by atoms with van der Waals surface area (Å²) in [5, 5.41) is 4.94. The van der Waals surface area contributed by atoms with Crippen LogP contribution in [0.1, 0.15) is 22.3 Å². The Kier molecular flexibility index (Phi) is 8.38. The van der Waals surface area contributed by atoms with Gasteiger partial charge in [-0.1, -0.05) is 16.8 Å². The summed E-state index contributed by atoms with van der Waals surface area (Å²) in [4.78, 5) is 19.7. The van der Waals surface area contributed by atoms with E-state index in [0.717, 1.165) is 37.3 Å². The van der Waals surface area contributed by atoms with E-state index in [-0.39, 0.29) is 11.7 Å². The van der Waals surface area contributed by atoms with E-state index in [1.807, 2.05) is 0 Å². The van der Waals surface area contributed by atoms with Crippen molar-refractivity contribution in [3.05, 3.63) is 70.5 Å². The summed E-state index contributed by atoms with van der Waals surface area (Å²) in [6, 6.07) is 13.0. The molecule has 1 aromatic heterocycles. The van der Waals surface area contributed by atoms with Crippen LogP contribution < -0.4 is 4.90 Å². The first-order valence-corrected chi connectivity index (χ1v) is 12.1. The lowest BCUT2D eigenvalue weighted by molar-refractivity contribution is 0.0724. The number of methoxy groups -OCH3 is 1. The lowest BCUT2D eigenvalue weighted by Crippen LogP contribution is -2.45. The number of anilines is 1. The summed E-state index contributed by atoms with van der Waals surface area (Å²) < 4.78 is 24.7. The normalized spacial score (nSPS) is 14.3. The summed E-state index contributed by atoms with van der Waals surface area (Å²) in [6.07, 6.45) is 0.677. The average molecular weight is 501 g/mol. The van der Waals surface area contributed by atoms with E-state index in [9.17, 15) is 9.18 Å². The summed E-state index contributed by atoms with van der Waals surface area (Å²) in [7, 11) is 3.73. The third-order valence-corrected chi connectivity index (χ3v) is 6.43. The molecule has 0 aliphatic carbocycles. The van der Waals surface area contributed by atoms with E-state index in [1.165, 1.54) is 12.1 Å². The number of aromatic nitrogens is 1. The number of likely N-dealkylation sites (N-methyl/N-ethyl adjacent to an activating group) is 1. The number of carbonyl (C=O) groups excluding carboxylic acids is 1. The van der Waals surface area contributed by atoms with Gasteiger partial charge in [0.05, 0.1) is 12.1 Å². The molecule has 1 saturated heterocycles. The van der Waals surface area contributed by atoms with Crippen molar-refractivity contribution in [2.75, 3.05) is 58.4 Å². The molecule has 0 spiro atoms. The molecule has 4 rings (SSSR count). The molecule has 1 aliphatic heterocycles. The minimum atomic E-state index is -0.322. The number of benzene rings is 2. The Labute approximate surface area is 210 Å². The van der Waals surface area contributed by atoms with Crippen molar-refractivity contribution in [3.8, 4) is 11.3 Å². The van der Waals surface area contributed by atoms with Crippen molar-refractivity contribution in [2.45, 2.75) is 13.0 Å². The third kappa shape index (κ3) is 6.20. The molecule has 1 fully saturated rings. The maximum absolute atomic E-state index is 13.6. The van der Waals surface area contributed by atoms with Gasteiger partial charge in [-0.25, -0.2) is 4.39 Å². The Morgan fingerprint density at radius 2 is 1.80 bits per heavy atom. The number of halogens is 2. The van der Waals surface area contributed by atoms with E-state index in [1.54, 1.807) is 48.4 Å². The number of carbonyl (C=O) groups is 1. The number of amides is 1. The molecule has 0 saturated carbocycles. The molecule has 1 aliphatic rings. The smallest absolute Gasteiger partial charge is 0.254 e. The van der Waals surface area contributed by atoms with Gasteiger partial charge in [-0.15, -0.1) is 0 Å². The Hall–Kier alpha value is -2.94. The van der Waals surface area contributed by atoms with Crippen LogP contribution in [0.4, 0.5) is 10.3 Å². The Morgan fingerprint density at radius 3 is 2.46 bits per heavy atom. The standard InChI is InChI=1S/C26H30ClFN4O3/c1-30-13-15-31(16-14-30)26-23(24(29-35-26)19-6-10-22(28)11-7-19)18-32(12-3-17-34-2)25(33)20-4-8-21(27)9-5-20/h4-11H,3,12-18H2,1-2H3. The van der Waals surface area contributed by atoms with E-state index >= 15 is 0 Å². The molecule has 0 N–H and O–H groups in total. The van der Waals surface area contributed by atoms with Gasteiger partial charge in [0.15, 0.2) is 0 Å². The van der Waals surface area contributed by atoms with Crippen LogP contribution >= 0.6 is 11.6 Å². The first kappa shape index (κ1) is 25.2. The van der Waals surface area contributed by atoms with Crippen LogP contribution in [0.2, 0.25) is 5.02 Å². The molecule has 186 valence electrons. The van der Waals surface area contributed by atoms with Crippen molar-refractivity contribution in [3.63, 3.8) is 0 Å². The minimum absolute atomic E-state index is 0.117. The molecule has 2 aromatic carbocycles. The highest BCUT2D eigenvalue weighted by Crippen LogP contribution is 2.33. The predicted octanol–water partition coefficient (Wildman–Crippen LogP) is 4.56. The fourth-order valence-corrected chi connectivity index (χ4v) is 4.28. The molecule has 1 amide bonds. The van der Waals surface area contributed by atoms with Gasteiger partial charge in [0.25, 0.3) is 5.91 Å². The van der Waals surface area contributed by atoms with Crippen LogP contribution in [0, 0.1) is 5.82 Å². The van der Waals surface area contributed by atoms with Gasteiger partial charge in [-0.05, 0) is 62.0 Å². The Bertz CT molecular complexity index is 1110. The van der Waals surface area contributed by atoms with E-state index in [4.69, 9.17) is 20.9 Å². The Balaban J connectivity index is 1.70. The number of hydrogen-bond donors (Lipinski definition) is 0. The molecule has 9 heteroatoms. The van der Waals surface area contributed by atoms with Gasteiger partial charge in [0, 0.05) is 62.6 Å². The van der Waals surface area contributed by atoms with Crippen molar-refractivity contribution in [1.29, 1.82) is 0 Å². The summed E-state index contributed by atoms with van der Waals surface area (Å²) in [5.41, 5.74) is 2.70. The largest absolute Gasteiger partial charge is 0.385 e. The Morgan fingerprint density at radius 1 is 1.11 bits per heavy atom. The number of hydrogen-bond acceptors (Lipinski definition) is 6. The van der Waals surface area contributed by atoms with Gasteiger partial charge < -0.3 is 24.0 Å². The average Bonchev–Trinajstić information content (AvgIpc) is 3.28. The minimum Gasteiger partial charge on any atom is -0.385 e. The van der Waals surface area contributed by atoms with Crippen LogP contribution in [0.3, 0.4) is 0 Å². The molecular weight excluding hydrogens is 471 g/mol. The van der Waals surface area contributed by atoms with E-state index < -0.39 is 0 Å². The summed E-state index contributed by atoms with van der Waals surface area (Å²) in [5.74, 6) is 0.212. The van der Waals surface area contributed by atoms with Gasteiger partial charge in [0.2, 0.25) is 5.88 Å². The molecule has 3 aromatic rings. The molecule has 0 unspecified atom stereocenters. The van der Waals surface area contributed by atoms with Crippen molar-refractivity contribution in [1.82, 2.24) is 15.0 Å². The number of piperazine rings is 1. The molecule has 0 radical (unpaired) electrons. The zero-order valence-electron chi connectivity index (χ0n) is 20.0. The lowest BCUT2D eigenvalue weighted by Gasteiger charge is -2.33. The zero-order valence-corrected chi connectivity index (χ0v) is 20.8. The second-order valence-corrected chi connectivity index (χ2v) is 9.13. The van der Waals surface area contributed by atoms with E-state index in [0.29, 0.717) is 48.3 Å². The third-order valence-electron chi connectivity index (χ3n) is 6.18. The van der Waals surface area contributed by atoms with Gasteiger partial charge >= 0.3 is 0 Å². The van der Waals surface area contributed by atoms with Crippen LogP contribution in [0.25, 0.3) is 11.3 Å².